The van der Waals surface area contributed by atoms with Crippen molar-refractivity contribution in [2.24, 2.45) is 0 Å². The van der Waals surface area contributed by atoms with E-state index in [-0.39, 0.29) is 5.91 Å². The van der Waals surface area contributed by atoms with Crippen LogP contribution >= 0.6 is 0 Å². The third-order valence-electron chi connectivity index (χ3n) is 4.83. The highest BCUT2D eigenvalue weighted by Crippen LogP contribution is 2.15. The summed E-state index contributed by atoms with van der Waals surface area (Å²) in [5.41, 5.74) is 8.27. The van der Waals surface area contributed by atoms with Crippen LogP contribution in [0.3, 0.4) is 0 Å². The minimum Gasteiger partial charge on any atom is -0.399 e. The van der Waals surface area contributed by atoms with E-state index in [2.05, 4.69) is 45.4 Å². The van der Waals surface area contributed by atoms with E-state index in [1.54, 1.807) is 24.3 Å². The van der Waals surface area contributed by atoms with Gasteiger partial charge in [-0.05, 0) is 49.7 Å². The average molecular weight is 352 g/mol. The molecule has 1 aliphatic rings. The maximum atomic E-state index is 12.0. The van der Waals surface area contributed by atoms with E-state index < -0.39 is 0 Å². The van der Waals surface area contributed by atoms with Crippen LogP contribution in [0.15, 0.2) is 54.6 Å². The van der Waals surface area contributed by atoms with Crippen molar-refractivity contribution in [2.75, 3.05) is 49.9 Å². The maximum absolute atomic E-state index is 12.0. The van der Waals surface area contributed by atoms with E-state index in [0.29, 0.717) is 17.8 Å². The molecule has 138 valence electrons. The molecule has 2 aromatic carbocycles. The van der Waals surface area contributed by atoms with Gasteiger partial charge in [-0.25, -0.2) is 0 Å². The number of para-hydroxylation sites is 1. The Balaban J connectivity index is 1.29. The zero-order valence-corrected chi connectivity index (χ0v) is 15.2. The number of hydrogen-bond donors (Lipinski definition) is 2. The highest BCUT2D eigenvalue weighted by atomic mass is 16.1. The number of nitrogens with two attached hydrogens (primary N) is 1. The highest BCUT2D eigenvalue weighted by molar-refractivity contribution is 5.94. The van der Waals surface area contributed by atoms with E-state index in [9.17, 15) is 4.79 Å². The van der Waals surface area contributed by atoms with E-state index in [4.69, 9.17) is 5.73 Å². The smallest absolute Gasteiger partial charge is 0.251 e. The zero-order valence-electron chi connectivity index (χ0n) is 15.2. The van der Waals surface area contributed by atoms with E-state index in [1.165, 1.54) is 5.69 Å². The fraction of sp³-hybridized carbons (Fsp3) is 0.381. The Morgan fingerprint density at radius 3 is 2.46 bits per heavy atom. The Morgan fingerprint density at radius 2 is 1.73 bits per heavy atom. The second-order valence-electron chi connectivity index (χ2n) is 6.75. The molecule has 0 radical (unpaired) electrons. The van der Waals surface area contributed by atoms with Crippen LogP contribution < -0.4 is 16.0 Å². The second-order valence-corrected chi connectivity index (χ2v) is 6.75. The number of nitrogens with one attached hydrogen (secondary N) is 1. The molecular formula is C21H28N4O. The lowest BCUT2D eigenvalue weighted by Crippen LogP contribution is -2.46. The van der Waals surface area contributed by atoms with Crippen molar-refractivity contribution in [2.45, 2.75) is 12.8 Å². The molecule has 0 aliphatic carbocycles. The first-order chi connectivity index (χ1) is 12.7. The van der Waals surface area contributed by atoms with Crippen LogP contribution in [-0.4, -0.2) is 50.1 Å². The lowest BCUT2D eigenvalue weighted by Gasteiger charge is -2.36. The summed E-state index contributed by atoms with van der Waals surface area (Å²) in [6.07, 6.45) is 2.09. The number of nitrogens with zero attached hydrogens (tertiary/aromatic N) is 2. The molecule has 0 unspecified atom stereocenters. The summed E-state index contributed by atoms with van der Waals surface area (Å²) in [5, 5.41) is 2.97. The molecule has 5 nitrogen and oxygen atoms in total. The number of unbranched alkanes of at least 4 members (excludes halogenated alkanes) is 1. The second kappa shape index (κ2) is 9.25. The molecule has 1 aliphatic heterocycles. The van der Waals surface area contributed by atoms with Crippen LogP contribution in [0, 0.1) is 0 Å². The Bertz CT molecular complexity index is 696. The fourth-order valence-corrected chi connectivity index (χ4v) is 3.31. The number of piperazine rings is 1. The lowest BCUT2D eigenvalue weighted by molar-refractivity contribution is 0.0952. The molecule has 3 N–H and O–H groups in total. The molecule has 0 atom stereocenters. The Morgan fingerprint density at radius 1 is 0.962 bits per heavy atom. The molecule has 1 saturated heterocycles. The Labute approximate surface area is 155 Å². The molecule has 0 spiro atoms. The van der Waals surface area contributed by atoms with Crippen LogP contribution in [0.4, 0.5) is 11.4 Å². The van der Waals surface area contributed by atoms with Gasteiger partial charge in [-0.1, -0.05) is 24.3 Å². The molecule has 3 rings (SSSR count). The van der Waals surface area contributed by atoms with Crippen LogP contribution in [0.5, 0.6) is 0 Å². The summed E-state index contributed by atoms with van der Waals surface area (Å²) in [6, 6.07) is 17.7. The molecule has 2 aromatic rings. The predicted molar refractivity (Wildman–Crippen MR) is 108 cm³/mol. The minimum absolute atomic E-state index is 0.0474. The van der Waals surface area contributed by atoms with Gasteiger partial charge in [0.1, 0.15) is 0 Å². The van der Waals surface area contributed by atoms with Gasteiger partial charge in [0.15, 0.2) is 0 Å². The highest BCUT2D eigenvalue weighted by Gasteiger charge is 2.16. The van der Waals surface area contributed by atoms with Crippen molar-refractivity contribution in [3.8, 4) is 0 Å². The number of rotatable bonds is 7. The summed E-state index contributed by atoms with van der Waals surface area (Å²) in [4.78, 5) is 17.0. The number of amides is 1. The van der Waals surface area contributed by atoms with Gasteiger partial charge in [0.25, 0.3) is 5.91 Å². The molecule has 1 amide bonds. The minimum atomic E-state index is -0.0474. The van der Waals surface area contributed by atoms with Crippen LogP contribution in [0.2, 0.25) is 0 Å². The third-order valence-corrected chi connectivity index (χ3v) is 4.83. The first kappa shape index (κ1) is 18.3. The standard InChI is InChI=1S/C21H28N4O/c22-19-8-6-7-18(17-19)21(26)23-11-4-5-12-24-13-15-25(16-14-24)20-9-2-1-3-10-20/h1-3,6-10,17H,4-5,11-16,22H2,(H,23,26). The van der Waals surface area contributed by atoms with Crippen molar-refractivity contribution < 1.29 is 4.79 Å². The third kappa shape index (κ3) is 5.23. The monoisotopic (exact) mass is 352 g/mol. The number of nitrogen functional groups attached to an aromatic ring is 1. The molecular weight excluding hydrogens is 324 g/mol. The van der Waals surface area contributed by atoms with Crippen molar-refractivity contribution in [3.63, 3.8) is 0 Å². The molecule has 5 heteroatoms. The number of anilines is 2. The largest absolute Gasteiger partial charge is 0.399 e. The van der Waals surface area contributed by atoms with Gasteiger partial charge in [0, 0.05) is 49.7 Å². The van der Waals surface area contributed by atoms with Crippen molar-refractivity contribution >= 4 is 17.3 Å². The van der Waals surface area contributed by atoms with Gasteiger partial charge < -0.3 is 16.0 Å². The Kier molecular flexibility index (Phi) is 6.50. The summed E-state index contributed by atoms with van der Waals surface area (Å²) in [7, 11) is 0. The first-order valence-corrected chi connectivity index (χ1v) is 9.38. The SMILES string of the molecule is Nc1cccc(C(=O)NCCCCN2CCN(c3ccccc3)CC2)c1. The van der Waals surface area contributed by atoms with Crippen LogP contribution in [-0.2, 0) is 0 Å². The van der Waals surface area contributed by atoms with E-state index in [0.717, 1.165) is 45.6 Å². The number of carbonyl (C=O) groups is 1. The van der Waals surface area contributed by atoms with Gasteiger partial charge in [0.05, 0.1) is 0 Å². The van der Waals surface area contributed by atoms with Crippen molar-refractivity contribution in [1.82, 2.24) is 10.2 Å². The molecule has 0 saturated carbocycles. The number of hydrogen-bond acceptors (Lipinski definition) is 4. The van der Waals surface area contributed by atoms with Crippen molar-refractivity contribution in [1.29, 1.82) is 0 Å². The molecule has 1 heterocycles. The summed E-state index contributed by atoms with van der Waals surface area (Å²) >= 11 is 0. The average Bonchev–Trinajstić information content (AvgIpc) is 2.69. The van der Waals surface area contributed by atoms with E-state index in [1.807, 2.05) is 0 Å². The fourth-order valence-electron chi connectivity index (χ4n) is 3.31. The van der Waals surface area contributed by atoms with Gasteiger partial charge in [-0.3, -0.25) is 9.69 Å². The van der Waals surface area contributed by atoms with Crippen LogP contribution in [0.25, 0.3) is 0 Å². The van der Waals surface area contributed by atoms with Crippen LogP contribution in [0.1, 0.15) is 23.2 Å². The van der Waals surface area contributed by atoms with Gasteiger partial charge in [0.2, 0.25) is 0 Å². The summed E-state index contributed by atoms with van der Waals surface area (Å²) < 4.78 is 0. The summed E-state index contributed by atoms with van der Waals surface area (Å²) in [6.45, 7) is 6.16. The van der Waals surface area contributed by atoms with E-state index >= 15 is 0 Å². The van der Waals surface area contributed by atoms with Gasteiger partial charge in [-0.2, -0.15) is 0 Å². The normalized spacial score (nSPS) is 15.0. The topological polar surface area (TPSA) is 61.6 Å². The summed E-state index contributed by atoms with van der Waals surface area (Å²) in [5.74, 6) is -0.0474. The maximum Gasteiger partial charge on any atom is 0.251 e. The first-order valence-electron chi connectivity index (χ1n) is 9.38. The molecule has 0 bridgehead atoms. The molecule has 0 aromatic heterocycles. The van der Waals surface area contributed by atoms with Gasteiger partial charge >= 0.3 is 0 Å². The number of benzene rings is 2. The molecule has 1 fully saturated rings. The Hall–Kier alpha value is -2.53. The predicted octanol–water partition coefficient (Wildman–Crippen LogP) is 2.60. The van der Waals surface area contributed by atoms with Gasteiger partial charge in [-0.15, -0.1) is 0 Å². The molecule has 26 heavy (non-hydrogen) atoms. The lowest BCUT2D eigenvalue weighted by atomic mass is 10.2. The van der Waals surface area contributed by atoms with Crippen molar-refractivity contribution in [3.05, 3.63) is 60.2 Å². The zero-order chi connectivity index (χ0) is 18.2. The number of carbonyl (C=O) groups excluding carboxylic acids is 1. The quantitative estimate of drug-likeness (QED) is 0.594.